The van der Waals surface area contributed by atoms with Gasteiger partial charge in [-0.25, -0.2) is 0 Å². The van der Waals surface area contributed by atoms with E-state index < -0.39 is 0 Å². The first kappa shape index (κ1) is 13.5. The third-order valence-electron chi connectivity index (χ3n) is 3.29. The summed E-state index contributed by atoms with van der Waals surface area (Å²) in [7, 11) is 0. The van der Waals surface area contributed by atoms with Crippen molar-refractivity contribution >= 4 is 35.0 Å². The fourth-order valence-corrected chi connectivity index (χ4v) is 3.64. The molecule has 1 atom stereocenters. The number of carbonyl (C=O) groups excluding carboxylic acids is 1. The lowest BCUT2D eigenvalue weighted by Crippen LogP contribution is -2.24. The molecule has 0 saturated heterocycles. The van der Waals surface area contributed by atoms with Gasteiger partial charge in [-0.3, -0.25) is 4.79 Å². The number of benzene rings is 2. The van der Waals surface area contributed by atoms with Gasteiger partial charge in [0.25, 0.3) is 0 Å². The molecule has 1 N–H and O–H groups in total. The molecule has 0 aliphatic carbocycles. The van der Waals surface area contributed by atoms with Gasteiger partial charge in [-0.2, -0.15) is 0 Å². The Hall–Kier alpha value is -1.45. The van der Waals surface area contributed by atoms with E-state index in [2.05, 4.69) is 17.4 Å². The number of rotatable bonds is 3. The first-order valence-corrected chi connectivity index (χ1v) is 7.88. The summed E-state index contributed by atoms with van der Waals surface area (Å²) >= 11 is 7.44. The summed E-state index contributed by atoms with van der Waals surface area (Å²) in [4.78, 5) is 13.5. The van der Waals surface area contributed by atoms with Gasteiger partial charge in [-0.1, -0.05) is 30.3 Å². The number of nitrogens with one attached hydrogen (secondary N) is 1. The Morgan fingerprint density at radius 2 is 2.10 bits per heavy atom. The van der Waals surface area contributed by atoms with E-state index in [0.717, 1.165) is 17.7 Å². The molecule has 4 heteroatoms. The van der Waals surface area contributed by atoms with Crippen molar-refractivity contribution in [3.8, 4) is 0 Å². The van der Waals surface area contributed by atoms with Gasteiger partial charge < -0.3 is 5.32 Å². The molecule has 1 amide bonds. The van der Waals surface area contributed by atoms with Crippen LogP contribution < -0.4 is 5.32 Å². The van der Waals surface area contributed by atoms with Gasteiger partial charge in [-0.15, -0.1) is 23.4 Å². The van der Waals surface area contributed by atoms with Crippen molar-refractivity contribution in [1.82, 2.24) is 0 Å². The molecule has 2 aromatic rings. The maximum Gasteiger partial charge on any atom is 0.238 e. The molecule has 2 nitrogen and oxygen atoms in total. The van der Waals surface area contributed by atoms with Crippen molar-refractivity contribution in [1.29, 1.82) is 0 Å². The number of fused-ring (bicyclic) bond motifs is 1. The Labute approximate surface area is 127 Å². The normalized spacial score (nSPS) is 16.8. The van der Waals surface area contributed by atoms with Gasteiger partial charge in [-0.05, 0) is 35.7 Å². The first-order chi connectivity index (χ1) is 9.76. The van der Waals surface area contributed by atoms with Crippen molar-refractivity contribution in [2.24, 2.45) is 0 Å². The molecular formula is C16H14ClNOS. The molecule has 0 saturated carbocycles. The van der Waals surface area contributed by atoms with Gasteiger partial charge in [0.2, 0.25) is 5.91 Å². The molecule has 3 rings (SSSR count). The third kappa shape index (κ3) is 2.84. The molecular weight excluding hydrogens is 290 g/mol. The molecule has 1 heterocycles. The largest absolute Gasteiger partial charge is 0.325 e. The summed E-state index contributed by atoms with van der Waals surface area (Å²) in [5, 5.41) is 2.93. The van der Waals surface area contributed by atoms with Crippen LogP contribution in [0, 0.1) is 0 Å². The highest BCUT2D eigenvalue weighted by molar-refractivity contribution is 8.01. The Kier molecular flexibility index (Phi) is 3.99. The Morgan fingerprint density at radius 3 is 2.90 bits per heavy atom. The monoisotopic (exact) mass is 303 g/mol. The quantitative estimate of drug-likeness (QED) is 0.866. The van der Waals surface area contributed by atoms with Crippen molar-refractivity contribution < 1.29 is 4.79 Å². The topological polar surface area (TPSA) is 29.1 Å². The number of anilines is 1. The number of amides is 1. The fourth-order valence-electron chi connectivity index (χ4n) is 2.28. The fraction of sp³-hybridized carbons (Fsp3) is 0.188. The molecule has 0 radical (unpaired) electrons. The molecule has 102 valence electrons. The Morgan fingerprint density at radius 1 is 1.25 bits per heavy atom. The molecule has 0 bridgehead atoms. The summed E-state index contributed by atoms with van der Waals surface area (Å²) in [5.74, 6) is 0.505. The minimum absolute atomic E-state index is 0.0490. The first-order valence-electron chi connectivity index (χ1n) is 6.46. The number of hydrogen-bond donors (Lipinski definition) is 1. The highest BCUT2D eigenvalue weighted by Gasteiger charge is 2.27. The lowest BCUT2D eigenvalue weighted by atomic mass is 10.1. The van der Waals surface area contributed by atoms with E-state index in [9.17, 15) is 4.79 Å². The lowest BCUT2D eigenvalue weighted by molar-refractivity contribution is -0.115. The molecule has 2 aromatic carbocycles. The number of carbonyl (C=O) groups is 1. The highest BCUT2D eigenvalue weighted by atomic mass is 35.5. The van der Waals surface area contributed by atoms with Crippen LogP contribution in [0.4, 0.5) is 5.69 Å². The van der Waals surface area contributed by atoms with Crippen LogP contribution in [0.3, 0.4) is 0 Å². The van der Waals surface area contributed by atoms with E-state index in [0.29, 0.717) is 5.88 Å². The van der Waals surface area contributed by atoms with Crippen LogP contribution in [0.15, 0.2) is 53.4 Å². The van der Waals surface area contributed by atoms with Gasteiger partial charge in [0.05, 0.1) is 5.25 Å². The predicted molar refractivity (Wildman–Crippen MR) is 84.4 cm³/mol. The van der Waals surface area contributed by atoms with Gasteiger partial charge in [0.1, 0.15) is 0 Å². The summed E-state index contributed by atoms with van der Waals surface area (Å²) in [6, 6.07) is 15.8. The smallest absolute Gasteiger partial charge is 0.238 e. The van der Waals surface area contributed by atoms with Crippen molar-refractivity contribution in [2.45, 2.75) is 22.4 Å². The minimum atomic E-state index is -0.0490. The number of halogens is 1. The standard InChI is InChI=1S/C16H14ClNOS/c17-10-11-4-3-6-13(8-11)18-16(19)15-9-12-5-1-2-7-14(12)20-15/h1-8,15H,9-10H2,(H,18,19). The van der Waals surface area contributed by atoms with E-state index >= 15 is 0 Å². The van der Waals surface area contributed by atoms with E-state index in [-0.39, 0.29) is 11.2 Å². The second-order valence-electron chi connectivity index (χ2n) is 4.74. The predicted octanol–water partition coefficient (Wildman–Crippen LogP) is 4.08. The molecule has 0 fully saturated rings. The van der Waals surface area contributed by atoms with E-state index in [1.165, 1.54) is 10.5 Å². The maximum absolute atomic E-state index is 12.3. The summed E-state index contributed by atoms with van der Waals surface area (Å²) < 4.78 is 0. The van der Waals surface area contributed by atoms with E-state index in [4.69, 9.17) is 11.6 Å². The lowest BCUT2D eigenvalue weighted by Gasteiger charge is -2.10. The summed E-state index contributed by atoms with van der Waals surface area (Å²) in [6.45, 7) is 0. The molecule has 0 aromatic heterocycles. The van der Waals surface area contributed by atoms with Gasteiger partial charge >= 0.3 is 0 Å². The van der Waals surface area contributed by atoms with E-state index in [1.807, 2.05) is 36.4 Å². The molecule has 1 unspecified atom stereocenters. The second-order valence-corrected chi connectivity index (χ2v) is 6.25. The number of thioether (sulfide) groups is 1. The van der Waals surface area contributed by atoms with Crippen LogP contribution in [-0.2, 0) is 17.1 Å². The van der Waals surface area contributed by atoms with Gasteiger partial charge in [0.15, 0.2) is 0 Å². The highest BCUT2D eigenvalue weighted by Crippen LogP contribution is 2.37. The van der Waals surface area contributed by atoms with Crippen LogP contribution >= 0.6 is 23.4 Å². The molecule has 1 aliphatic rings. The van der Waals surface area contributed by atoms with Crippen LogP contribution in [0.25, 0.3) is 0 Å². The van der Waals surface area contributed by atoms with E-state index in [1.54, 1.807) is 11.8 Å². The minimum Gasteiger partial charge on any atom is -0.325 e. The maximum atomic E-state index is 12.3. The second kappa shape index (κ2) is 5.90. The van der Waals surface area contributed by atoms with Crippen LogP contribution in [0.5, 0.6) is 0 Å². The van der Waals surface area contributed by atoms with Crippen LogP contribution in [0.1, 0.15) is 11.1 Å². The zero-order valence-electron chi connectivity index (χ0n) is 10.8. The Bertz CT molecular complexity index is 619. The Balaban J connectivity index is 1.69. The zero-order chi connectivity index (χ0) is 13.9. The third-order valence-corrected chi connectivity index (χ3v) is 4.91. The molecule has 20 heavy (non-hydrogen) atoms. The summed E-state index contributed by atoms with van der Waals surface area (Å²) in [6.07, 6.45) is 0.794. The average Bonchev–Trinajstić information content (AvgIpc) is 2.91. The summed E-state index contributed by atoms with van der Waals surface area (Å²) in [5.41, 5.74) is 3.07. The number of hydrogen-bond acceptors (Lipinski definition) is 2. The zero-order valence-corrected chi connectivity index (χ0v) is 12.4. The van der Waals surface area contributed by atoms with Crippen molar-refractivity contribution in [3.05, 3.63) is 59.7 Å². The number of alkyl halides is 1. The van der Waals surface area contributed by atoms with Gasteiger partial charge in [0, 0.05) is 16.5 Å². The van der Waals surface area contributed by atoms with Crippen molar-refractivity contribution in [3.63, 3.8) is 0 Å². The molecule has 1 aliphatic heterocycles. The van der Waals surface area contributed by atoms with Crippen LogP contribution in [0.2, 0.25) is 0 Å². The SMILES string of the molecule is O=C(Nc1cccc(CCl)c1)C1Cc2ccccc2S1. The average molecular weight is 304 g/mol. The van der Waals surface area contributed by atoms with Crippen molar-refractivity contribution in [2.75, 3.05) is 5.32 Å². The molecule has 0 spiro atoms. The van der Waals surface area contributed by atoms with Crippen LogP contribution in [-0.4, -0.2) is 11.2 Å².